The highest BCUT2D eigenvalue weighted by molar-refractivity contribution is 7.10. The highest BCUT2D eigenvalue weighted by Crippen LogP contribution is 2.36. The van der Waals surface area contributed by atoms with Crippen LogP contribution in [0.5, 0.6) is 0 Å². The van der Waals surface area contributed by atoms with E-state index in [1.807, 2.05) is 48.4 Å². The summed E-state index contributed by atoms with van der Waals surface area (Å²) in [5.74, 6) is 0.252. The van der Waals surface area contributed by atoms with E-state index in [1.54, 1.807) is 7.05 Å². The SMILES string of the molecule is CC.CNCC(=O)NC(C(=O)N1CCCC1c1nc(C(=O)c2cccc(C(C)C)c2)cs1)C1CCCCC1. The molecule has 1 saturated carbocycles. The smallest absolute Gasteiger partial charge is 0.246 e. The number of benzene rings is 1. The molecule has 2 aromatic rings. The van der Waals surface area contributed by atoms with E-state index in [-0.39, 0.29) is 36.1 Å². The molecule has 0 spiro atoms. The van der Waals surface area contributed by atoms with E-state index >= 15 is 0 Å². The van der Waals surface area contributed by atoms with Crippen molar-refractivity contribution in [3.63, 3.8) is 0 Å². The van der Waals surface area contributed by atoms with Gasteiger partial charge < -0.3 is 15.5 Å². The number of likely N-dealkylation sites (tertiary alicyclic amines) is 1. The fourth-order valence-electron chi connectivity index (χ4n) is 5.43. The fraction of sp³-hybridized carbons (Fsp3) is 0.600. The van der Waals surface area contributed by atoms with Gasteiger partial charge in [0.25, 0.3) is 0 Å². The van der Waals surface area contributed by atoms with Crippen LogP contribution < -0.4 is 10.6 Å². The van der Waals surface area contributed by atoms with Gasteiger partial charge in [0.15, 0.2) is 0 Å². The van der Waals surface area contributed by atoms with Crippen molar-refractivity contribution >= 4 is 28.9 Å². The quantitative estimate of drug-likeness (QED) is 0.412. The van der Waals surface area contributed by atoms with Gasteiger partial charge in [0.2, 0.25) is 17.6 Å². The maximum atomic E-state index is 13.8. The maximum Gasteiger partial charge on any atom is 0.246 e. The number of thiazole rings is 1. The zero-order chi connectivity index (χ0) is 27.7. The molecule has 7 nitrogen and oxygen atoms in total. The zero-order valence-electron chi connectivity index (χ0n) is 23.6. The number of rotatable bonds is 9. The summed E-state index contributed by atoms with van der Waals surface area (Å²) >= 11 is 1.45. The van der Waals surface area contributed by atoms with Crippen molar-refractivity contribution in [3.05, 3.63) is 51.5 Å². The number of amides is 2. The highest BCUT2D eigenvalue weighted by Gasteiger charge is 2.39. The summed E-state index contributed by atoms with van der Waals surface area (Å²) in [6, 6.07) is 7.07. The van der Waals surface area contributed by atoms with Gasteiger partial charge in [0, 0.05) is 17.5 Å². The van der Waals surface area contributed by atoms with Crippen LogP contribution in [0.15, 0.2) is 29.6 Å². The summed E-state index contributed by atoms with van der Waals surface area (Å²) in [6.45, 7) is 9.06. The van der Waals surface area contributed by atoms with E-state index in [4.69, 9.17) is 4.98 Å². The molecule has 2 N–H and O–H groups in total. The van der Waals surface area contributed by atoms with Gasteiger partial charge in [-0.1, -0.05) is 65.2 Å². The van der Waals surface area contributed by atoms with E-state index in [9.17, 15) is 14.4 Å². The monoisotopic (exact) mass is 540 g/mol. The number of nitrogens with zero attached hydrogens (tertiary/aromatic N) is 2. The first-order valence-electron chi connectivity index (χ1n) is 14.2. The molecule has 1 aliphatic heterocycles. The van der Waals surface area contributed by atoms with Gasteiger partial charge in [-0.05, 0) is 56.2 Å². The van der Waals surface area contributed by atoms with Crippen molar-refractivity contribution in [3.8, 4) is 0 Å². The van der Waals surface area contributed by atoms with E-state index < -0.39 is 6.04 Å². The summed E-state index contributed by atoms with van der Waals surface area (Å²) in [6.07, 6.45) is 6.99. The van der Waals surface area contributed by atoms with Crippen LogP contribution in [0.3, 0.4) is 0 Å². The third-order valence-corrected chi connectivity index (χ3v) is 8.38. The third kappa shape index (κ3) is 7.29. The number of ketones is 1. The van der Waals surface area contributed by atoms with Gasteiger partial charge in [-0.25, -0.2) is 4.98 Å². The standard InChI is InChI=1S/C28H38N4O3S.C2H6/c1-18(2)20-11-7-12-21(15-20)26(34)22-17-36-27(30-22)23-13-8-14-32(23)28(35)25(31-24(33)16-29-3)19-9-5-4-6-10-19;1-2/h7,11-12,15,17-19,23,25,29H,4-6,8-10,13-14,16H2,1-3H3,(H,31,33);1-2H3. The molecule has 208 valence electrons. The minimum Gasteiger partial charge on any atom is -0.343 e. The molecule has 0 radical (unpaired) electrons. The van der Waals surface area contributed by atoms with Crippen molar-refractivity contribution < 1.29 is 14.4 Å². The number of hydrogen-bond acceptors (Lipinski definition) is 6. The van der Waals surface area contributed by atoms with Crippen LogP contribution in [0.25, 0.3) is 0 Å². The molecule has 38 heavy (non-hydrogen) atoms. The molecule has 1 aromatic carbocycles. The van der Waals surface area contributed by atoms with Crippen LogP contribution in [0.1, 0.15) is 111 Å². The topological polar surface area (TPSA) is 91.4 Å². The Morgan fingerprint density at radius 1 is 1.08 bits per heavy atom. The van der Waals surface area contributed by atoms with E-state index in [0.29, 0.717) is 23.7 Å². The van der Waals surface area contributed by atoms with Gasteiger partial charge in [0.1, 0.15) is 16.7 Å². The average molecular weight is 541 g/mol. The van der Waals surface area contributed by atoms with Crippen molar-refractivity contribution in [1.82, 2.24) is 20.5 Å². The van der Waals surface area contributed by atoms with Crippen LogP contribution in [-0.2, 0) is 9.59 Å². The number of carbonyl (C=O) groups is 3. The second kappa shape index (κ2) is 14.5. The first-order valence-corrected chi connectivity index (χ1v) is 15.1. The Morgan fingerprint density at radius 2 is 1.82 bits per heavy atom. The lowest BCUT2D eigenvalue weighted by Gasteiger charge is -2.34. The summed E-state index contributed by atoms with van der Waals surface area (Å²) in [7, 11) is 1.73. The summed E-state index contributed by atoms with van der Waals surface area (Å²) in [5.41, 5.74) is 2.20. The van der Waals surface area contributed by atoms with Crippen molar-refractivity contribution in [2.75, 3.05) is 20.1 Å². The molecule has 1 aliphatic carbocycles. The zero-order valence-corrected chi connectivity index (χ0v) is 24.4. The van der Waals surface area contributed by atoms with Gasteiger partial charge in [-0.3, -0.25) is 14.4 Å². The molecular formula is C30H44N4O3S. The first kappa shape index (κ1) is 30.0. The lowest BCUT2D eigenvalue weighted by Crippen LogP contribution is -2.53. The van der Waals surface area contributed by atoms with Crippen LogP contribution >= 0.6 is 11.3 Å². The molecule has 4 rings (SSSR count). The molecule has 0 bridgehead atoms. The van der Waals surface area contributed by atoms with E-state index in [0.717, 1.165) is 49.1 Å². The normalized spacial score (nSPS) is 18.6. The van der Waals surface area contributed by atoms with Crippen LogP contribution in [0, 0.1) is 5.92 Å². The Kier molecular flexibility index (Phi) is 11.5. The Bertz CT molecular complexity index is 1080. The minimum absolute atomic E-state index is 0.0124. The van der Waals surface area contributed by atoms with Gasteiger partial charge >= 0.3 is 0 Å². The molecular weight excluding hydrogens is 496 g/mol. The maximum absolute atomic E-state index is 13.8. The Hall–Kier alpha value is -2.58. The summed E-state index contributed by atoms with van der Waals surface area (Å²) in [5, 5.41) is 8.52. The molecule has 2 fully saturated rings. The lowest BCUT2D eigenvalue weighted by atomic mass is 9.83. The van der Waals surface area contributed by atoms with Crippen LogP contribution in [0.2, 0.25) is 0 Å². The largest absolute Gasteiger partial charge is 0.343 e. The van der Waals surface area contributed by atoms with E-state index in [1.165, 1.54) is 17.8 Å². The third-order valence-electron chi connectivity index (χ3n) is 7.43. The Labute approximate surface area is 231 Å². The number of likely N-dealkylation sites (N-methyl/N-ethyl adjacent to an activating group) is 1. The minimum atomic E-state index is -0.508. The highest BCUT2D eigenvalue weighted by atomic mass is 32.1. The second-order valence-corrected chi connectivity index (χ2v) is 11.2. The number of aromatic nitrogens is 1. The predicted octanol–water partition coefficient (Wildman–Crippen LogP) is 5.47. The molecule has 2 amide bonds. The molecule has 1 saturated heterocycles. The van der Waals surface area contributed by atoms with Gasteiger partial charge in [0.05, 0.1) is 12.6 Å². The first-order chi connectivity index (χ1) is 18.4. The van der Waals surface area contributed by atoms with Crippen molar-refractivity contribution in [2.24, 2.45) is 5.92 Å². The van der Waals surface area contributed by atoms with Crippen molar-refractivity contribution in [2.45, 2.75) is 90.6 Å². The predicted molar refractivity (Wildman–Crippen MR) is 154 cm³/mol. The summed E-state index contributed by atoms with van der Waals surface area (Å²) < 4.78 is 0. The van der Waals surface area contributed by atoms with Crippen molar-refractivity contribution in [1.29, 1.82) is 0 Å². The molecule has 2 atom stereocenters. The molecule has 1 aromatic heterocycles. The molecule has 2 heterocycles. The molecule has 8 heteroatoms. The lowest BCUT2D eigenvalue weighted by molar-refractivity contribution is -0.139. The van der Waals surface area contributed by atoms with Gasteiger partial charge in [-0.2, -0.15) is 0 Å². The number of hydrogen-bond donors (Lipinski definition) is 2. The van der Waals surface area contributed by atoms with E-state index in [2.05, 4.69) is 24.5 Å². The average Bonchev–Trinajstić information content (AvgIpc) is 3.63. The van der Waals surface area contributed by atoms with Gasteiger partial charge in [-0.15, -0.1) is 11.3 Å². The summed E-state index contributed by atoms with van der Waals surface area (Å²) in [4.78, 5) is 46.1. The number of nitrogens with one attached hydrogen (secondary N) is 2. The Morgan fingerprint density at radius 3 is 2.50 bits per heavy atom. The molecule has 2 aliphatic rings. The van der Waals surface area contributed by atoms with Crippen LogP contribution in [0.4, 0.5) is 0 Å². The number of carbonyl (C=O) groups excluding carboxylic acids is 3. The Balaban J connectivity index is 0.00000195. The second-order valence-electron chi connectivity index (χ2n) is 10.3. The molecule has 2 unspecified atom stereocenters. The fourth-order valence-corrected chi connectivity index (χ4v) is 6.38. The van der Waals surface area contributed by atoms with Crippen LogP contribution in [-0.4, -0.2) is 53.7 Å².